The van der Waals surface area contributed by atoms with Gasteiger partial charge in [-0.25, -0.2) is 14.8 Å². The Morgan fingerprint density at radius 3 is 2.37 bits per heavy atom. The van der Waals surface area contributed by atoms with Crippen molar-refractivity contribution in [1.29, 1.82) is 0 Å². The number of aliphatic imine (C=N–C) groups is 1. The van der Waals surface area contributed by atoms with Gasteiger partial charge in [0, 0.05) is 26.7 Å². The van der Waals surface area contributed by atoms with Gasteiger partial charge in [0.25, 0.3) is 5.91 Å². The summed E-state index contributed by atoms with van der Waals surface area (Å²) in [5.74, 6) is -1.68. The number of para-hydroxylation sites is 2. The van der Waals surface area contributed by atoms with Gasteiger partial charge in [-0.1, -0.05) is 89.6 Å². The largest absolute Gasteiger partial charge is 0.478 e. The summed E-state index contributed by atoms with van der Waals surface area (Å²) in [5.41, 5.74) is 3.86. The number of benzene rings is 4. The Hall–Kier alpha value is -4.96. The van der Waals surface area contributed by atoms with Gasteiger partial charge in [0.2, 0.25) is 5.91 Å². The zero-order valence-electron chi connectivity index (χ0n) is 24.1. The topological polar surface area (TPSA) is 112 Å². The molecule has 1 aliphatic heterocycles. The zero-order valence-corrected chi connectivity index (χ0v) is 26.5. The minimum atomic E-state index is -1.04. The van der Waals surface area contributed by atoms with Crippen molar-refractivity contribution in [2.45, 2.75) is 12.2 Å². The second kappa shape index (κ2) is 13.2. The normalized spacial score (nSPS) is 14.4. The van der Waals surface area contributed by atoms with Gasteiger partial charge in [0.05, 0.1) is 27.7 Å². The van der Waals surface area contributed by atoms with Crippen LogP contribution in [0, 0.1) is 0 Å². The maximum atomic E-state index is 13.5. The van der Waals surface area contributed by atoms with E-state index < -0.39 is 11.2 Å². The second-order valence-corrected chi connectivity index (χ2v) is 12.4. The van der Waals surface area contributed by atoms with E-state index >= 15 is 0 Å². The maximum Gasteiger partial charge on any atom is 0.336 e. The molecule has 8 nitrogen and oxygen atoms in total. The number of carbonyl (C=O) groups excluding carboxylic acids is 2. The molecule has 4 aromatic carbocycles. The Balaban J connectivity index is 1.21. The Kier molecular flexibility index (Phi) is 8.90. The van der Waals surface area contributed by atoms with Gasteiger partial charge in [-0.15, -0.1) is 0 Å². The van der Waals surface area contributed by atoms with Crippen molar-refractivity contribution in [3.8, 4) is 11.3 Å². The van der Waals surface area contributed by atoms with Crippen LogP contribution in [-0.4, -0.2) is 38.3 Å². The van der Waals surface area contributed by atoms with Crippen molar-refractivity contribution in [3.63, 3.8) is 0 Å². The van der Waals surface area contributed by atoms with E-state index in [4.69, 9.17) is 23.2 Å². The molecule has 11 heteroatoms. The number of thioether (sulfide) groups is 1. The smallest absolute Gasteiger partial charge is 0.336 e. The number of aromatic nitrogens is 1. The molecule has 5 aromatic rings. The molecule has 228 valence electrons. The van der Waals surface area contributed by atoms with Crippen molar-refractivity contribution in [2.75, 3.05) is 10.2 Å². The van der Waals surface area contributed by atoms with E-state index in [0.29, 0.717) is 54.3 Å². The number of amides is 2. The summed E-state index contributed by atoms with van der Waals surface area (Å²) in [6, 6.07) is 29.7. The lowest BCUT2D eigenvalue weighted by Gasteiger charge is -2.20. The molecule has 0 aliphatic carbocycles. The molecule has 0 fully saturated rings. The maximum absolute atomic E-state index is 13.5. The molecule has 0 saturated carbocycles. The first-order valence-corrected chi connectivity index (χ1v) is 15.7. The second-order valence-electron chi connectivity index (χ2n) is 10.3. The first-order chi connectivity index (χ1) is 22.2. The number of hydrogen-bond acceptors (Lipinski definition) is 6. The number of carboxylic acid groups (broad SMARTS) is 1. The summed E-state index contributed by atoms with van der Waals surface area (Å²) < 4.78 is 0. The van der Waals surface area contributed by atoms with Crippen LogP contribution in [0.25, 0.3) is 28.2 Å². The average molecular weight is 668 g/mol. The van der Waals surface area contributed by atoms with E-state index in [2.05, 4.69) is 15.3 Å². The zero-order chi connectivity index (χ0) is 32.4. The van der Waals surface area contributed by atoms with E-state index in [1.54, 1.807) is 97.9 Å². The Bertz CT molecular complexity index is 2070. The summed E-state index contributed by atoms with van der Waals surface area (Å²) in [7, 11) is 0. The fraction of sp³-hybridized carbons (Fsp3) is 0.0571. The van der Waals surface area contributed by atoms with Gasteiger partial charge in [0.1, 0.15) is 5.70 Å². The number of aromatic carboxylic acids is 1. The quantitative estimate of drug-likeness (QED) is 0.169. The molecule has 1 aliphatic rings. The number of amidine groups is 1. The van der Waals surface area contributed by atoms with Crippen molar-refractivity contribution < 1.29 is 19.5 Å². The van der Waals surface area contributed by atoms with Crippen LogP contribution in [0.3, 0.4) is 0 Å². The van der Waals surface area contributed by atoms with E-state index in [1.807, 2.05) is 18.2 Å². The molecular weight excluding hydrogens is 643 g/mol. The SMILES string of the molecule is CC(SC1=N/C(=C\c2ccc(Cl)cc2Cl)C(=O)N1c1ccccc1)C(=O)Nc1ccc(-c2cc(C(=O)O)c3ccccc3n2)cc1. The minimum absolute atomic E-state index is 0.163. The third-order valence-corrected chi connectivity index (χ3v) is 8.76. The molecule has 2 N–H and O–H groups in total. The third-order valence-electron chi connectivity index (χ3n) is 7.14. The van der Waals surface area contributed by atoms with E-state index in [1.165, 1.54) is 4.90 Å². The van der Waals surface area contributed by atoms with Gasteiger partial charge >= 0.3 is 5.97 Å². The van der Waals surface area contributed by atoms with Crippen LogP contribution < -0.4 is 10.2 Å². The fourth-order valence-corrected chi connectivity index (χ4v) is 6.22. The number of pyridine rings is 1. The lowest BCUT2D eigenvalue weighted by Crippen LogP contribution is -2.33. The number of halogens is 2. The number of carboxylic acids is 1. The van der Waals surface area contributed by atoms with Crippen molar-refractivity contribution in [3.05, 3.63) is 130 Å². The highest BCUT2D eigenvalue weighted by Crippen LogP contribution is 2.33. The number of carbonyl (C=O) groups is 3. The van der Waals surface area contributed by atoms with Gasteiger partial charge in [-0.2, -0.15) is 0 Å². The summed E-state index contributed by atoms with van der Waals surface area (Å²) in [4.78, 5) is 49.4. The van der Waals surface area contributed by atoms with Crippen LogP contribution in [-0.2, 0) is 9.59 Å². The highest BCUT2D eigenvalue weighted by molar-refractivity contribution is 8.15. The van der Waals surface area contributed by atoms with Crippen LogP contribution in [0.2, 0.25) is 10.0 Å². The number of nitrogens with one attached hydrogen (secondary N) is 1. The lowest BCUT2D eigenvalue weighted by molar-refractivity contribution is -0.115. The molecule has 0 radical (unpaired) electrons. The monoisotopic (exact) mass is 666 g/mol. The number of rotatable bonds is 7. The predicted molar refractivity (Wildman–Crippen MR) is 186 cm³/mol. The number of fused-ring (bicyclic) bond motifs is 1. The third kappa shape index (κ3) is 6.53. The number of hydrogen-bond donors (Lipinski definition) is 2. The number of anilines is 2. The van der Waals surface area contributed by atoms with E-state index in [-0.39, 0.29) is 23.1 Å². The van der Waals surface area contributed by atoms with Crippen molar-refractivity contribution >= 4 is 86.3 Å². The molecular formula is C35H24Cl2N4O4S. The van der Waals surface area contributed by atoms with Gasteiger partial charge in [-0.3, -0.25) is 14.5 Å². The first-order valence-electron chi connectivity index (χ1n) is 14.0. The molecule has 46 heavy (non-hydrogen) atoms. The molecule has 0 spiro atoms. The van der Waals surface area contributed by atoms with Crippen LogP contribution in [0.15, 0.2) is 114 Å². The van der Waals surface area contributed by atoms with Crippen molar-refractivity contribution in [1.82, 2.24) is 4.98 Å². The van der Waals surface area contributed by atoms with E-state index in [9.17, 15) is 19.5 Å². The molecule has 6 rings (SSSR count). The summed E-state index contributed by atoms with van der Waals surface area (Å²) in [5, 5.41) is 13.8. The highest BCUT2D eigenvalue weighted by atomic mass is 35.5. The summed E-state index contributed by atoms with van der Waals surface area (Å²) >= 11 is 13.5. The van der Waals surface area contributed by atoms with Gasteiger partial charge in [0.15, 0.2) is 5.17 Å². The average Bonchev–Trinajstić information content (AvgIpc) is 3.36. The molecule has 1 aromatic heterocycles. The fourth-order valence-electron chi connectivity index (χ4n) is 4.83. The van der Waals surface area contributed by atoms with Crippen LogP contribution in [0.5, 0.6) is 0 Å². The predicted octanol–water partition coefficient (Wildman–Crippen LogP) is 8.41. The van der Waals surface area contributed by atoms with Crippen molar-refractivity contribution in [2.24, 2.45) is 4.99 Å². The molecule has 0 saturated heterocycles. The van der Waals surface area contributed by atoms with Crippen LogP contribution >= 0.6 is 35.0 Å². The number of nitrogens with zero attached hydrogens (tertiary/aromatic N) is 3. The molecule has 1 unspecified atom stereocenters. The lowest BCUT2D eigenvalue weighted by atomic mass is 10.0. The molecule has 0 bridgehead atoms. The van der Waals surface area contributed by atoms with Gasteiger partial charge in [-0.05, 0) is 67.1 Å². The first kappa shape index (κ1) is 31.0. The Labute approximate surface area is 278 Å². The van der Waals surface area contributed by atoms with E-state index in [0.717, 1.165) is 11.8 Å². The molecule has 2 heterocycles. The Morgan fingerprint density at radius 1 is 0.935 bits per heavy atom. The van der Waals surface area contributed by atoms with Crippen LogP contribution in [0.1, 0.15) is 22.8 Å². The summed E-state index contributed by atoms with van der Waals surface area (Å²) in [6.07, 6.45) is 1.60. The van der Waals surface area contributed by atoms with Gasteiger partial charge < -0.3 is 10.4 Å². The highest BCUT2D eigenvalue weighted by Gasteiger charge is 2.34. The Morgan fingerprint density at radius 2 is 1.65 bits per heavy atom. The molecule has 2 amide bonds. The van der Waals surface area contributed by atoms with Crippen LogP contribution in [0.4, 0.5) is 11.4 Å². The minimum Gasteiger partial charge on any atom is -0.478 e. The molecule has 1 atom stereocenters. The standard InChI is InChI=1S/C35H24Cl2N4O4S/c1-20(32(42)38-24-15-12-21(13-16-24)30-19-27(34(44)45)26-9-5-6-10-29(26)39-30)46-35-40-31(17-22-11-14-23(36)18-28(22)37)33(43)41(35)25-7-3-2-4-8-25/h2-20H,1H3,(H,38,42)(H,44,45)/b31-17-. The summed E-state index contributed by atoms with van der Waals surface area (Å²) in [6.45, 7) is 1.73.